The average Bonchev–Trinajstić information content (AvgIpc) is 2.92. The number of benzene rings is 1. The summed E-state index contributed by atoms with van der Waals surface area (Å²) in [4.78, 5) is 14.8. The van der Waals surface area contributed by atoms with Crippen LogP contribution < -0.4 is 0 Å². The van der Waals surface area contributed by atoms with E-state index in [2.05, 4.69) is 36.8 Å². The number of alkyl halides is 1. The molecule has 104 valence electrons. The Balaban J connectivity index is 2.25. The molecule has 0 unspecified atom stereocenters. The summed E-state index contributed by atoms with van der Waals surface area (Å²) in [7, 11) is 0. The van der Waals surface area contributed by atoms with E-state index in [9.17, 15) is 4.79 Å². The summed E-state index contributed by atoms with van der Waals surface area (Å²) >= 11 is 6.92. The Morgan fingerprint density at radius 3 is 2.68 bits per heavy atom. The van der Waals surface area contributed by atoms with Gasteiger partial charge in [-0.2, -0.15) is 0 Å². The molecule has 0 aromatic heterocycles. The SMILES string of the molecule is Cc1ccc(Br)cc1C(=O)N(CCBr)C1CCCC1. The fourth-order valence-corrected chi connectivity index (χ4v) is 3.48. The average molecular weight is 389 g/mol. The number of carbonyl (C=O) groups excluding carboxylic acids is 1. The maximum absolute atomic E-state index is 12.8. The molecule has 4 heteroatoms. The van der Waals surface area contributed by atoms with E-state index >= 15 is 0 Å². The van der Waals surface area contributed by atoms with Crippen LogP contribution in [0.5, 0.6) is 0 Å². The number of hydrogen-bond donors (Lipinski definition) is 0. The van der Waals surface area contributed by atoms with Gasteiger partial charge in [0.1, 0.15) is 0 Å². The van der Waals surface area contributed by atoms with Gasteiger partial charge in [0.25, 0.3) is 5.91 Å². The predicted octanol–water partition coefficient (Wildman–Crippen LogP) is 4.54. The Hall–Kier alpha value is -0.350. The van der Waals surface area contributed by atoms with Crippen molar-refractivity contribution < 1.29 is 4.79 Å². The van der Waals surface area contributed by atoms with E-state index in [1.54, 1.807) is 0 Å². The van der Waals surface area contributed by atoms with Crippen LogP contribution in [0.25, 0.3) is 0 Å². The number of hydrogen-bond acceptors (Lipinski definition) is 1. The number of aryl methyl sites for hydroxylation is 1. The number of amides is 1. The topological polar surface area (TPSA) is 20.3 Å². The monoisotopic (exact) mass is 387 g/mol. The third-order valence-corrected chi connectivity index (χ3v) is 4.63. The second kappa shape index (κ2) is 6.89. The van der Waals surface area contributed by atoms with Gasteiger partial charge in [-0.15, -0.1) is 0 Å². The molecule has 19 heavy (non-hydrogen) atoms. The molecule has 0 saturated heterocycles. The fourth-order valence-electron chi connectivity index (χ4n) is 2.74. The van der Waals surface area contributed by atoms with Crippen molar-refractivity contribution in [1.29, 1.82) is 0 Å². The van der Waals surface area contributed by atoms with Gasteiger partial charge in [0.2, 0.25) is 0 Å². The summed E-state index contributed by atoms with van der Waals surface area (Å²) in [5.41, 5.74) is 1.87. The lowest BCUT2D eigenvalue weighted by Crippen LogP contribution is -2.40. The van der Waals surface area contributed by atoms with Crippen molar-refractivity contribution in [2.24, 2.45) is 0 Å². The molecule has 0 heterocycles. The van der Waals surface area contributed by atoms with Gasteiger partial charge in [0, 0.05) is 28.0 Å². The molecule has 0 spiro atoms. The molecular formula is C15H19Br2NO. The molecule has 0 atom stereocenters. The molecule has 1 amide bonds. The molecule has 1 aliphatic rings. The lowest BCUT2D eigenvalue weighted by Gasteiger charge is -2.29. The molecule has 1 aliphatic carbocycles. The van der Waals surface area contributed by atoms with Crippen molar-refractivity contribution in [2.45, 2.75) is 38.6 Å². The standard InChI is InChI=1S/C15H19Br2NO/c1-11-6-7-12(17)10-14(11)15(19)18(9-8-16)13-4-2-3-5-13/h6-7,10,13H,2-5,8-9H2,1H3. The first-order chi connectivity index (χ1) is 9.13. The van der Waals surface area contributed by atoms with E-state index in [0.29, 0.717) is 6.04 Å². The molecule has 1 fully saturated rings. The maximum Gasteiger partial charge on any atom is 0.254 e. The smallest absolute Gasteiger partial charge is 0.254 e. The van der Waals surface area contributed by atoms with Gasteiger partial charge in [0.15, 0.2) is 0 Å². The summed E-state index contributed by atoms with van der Waals surface area (Å²) in [6.07, 6.45) is 4.78. The van der Waals surface area contributed by atoms with Gasteiger partial charge < -0.3 is 4.90 Å². The molecule has 0 aliphatic heterocycles. The second-order valence-electron chi connectivity index (χ2n) is 5.09. The van der Waals surface area contributed by atoms with Crippen LogP contribution in [0.3, 0.4) is 0 Å². The van der Waals surface area contributed by atoms with Gasteiger partial charge in [0.05, 0.1) is 0 Å². The van der Waals surface area contributed by atoms with E-state index < -0.39 is 0 Å². The van der Waals surface area contributed by atoms with Crippen LogP contribution in [0, 0.1) is 6.92 Å². The largest absolute Gasteiger partial charge is 0.335 e. The number of halogens is 2. The molecule has 1 saturated carbocycles. The first kappa shape index (κ1) is 15.0. The Labute approximate surface area is 131 Å². The van der Waals surface area contributed by atoms with Gasteiger partial charge >= 0.3 is 0 Å². The summed E-state index contributed by atoms with van der Waals surface area (Å²) < 4.78 is 0.965. The summed E-state index contributed by atoms with van der Waals surface area (Å²) in [5, 5.41) is 0.836. The lowest BCUT2D eigenvalue weighted by atomic mass is 10.1. The van der Waals surface area contributed by atoms with E-state index in [1.165, 1.54) is 12.8 Å². The van der Waals surface area contributed by atoms with Crippen LogP contribution in [0.15, 0.2) is 22.7 Å². The summed E-state index contributed by atoms with van der Waals surface area (Å²) in [6.45, 7) is 2.79. The molecule has 1 aromatic carbocycles. The third kappa shape index (κ3) is 3.60. The van der Waals surface area contributed by atoms with Crippen molar-refractivity contribution in [2.75, 3.05) is 11.9 Å². The zero-order valence-electron chi connectivity index (χ0n) is 11.2. The quantitative estimate of drug-likeness (QED) is 0.693. The van der Waals surface area contributed by atoms with Gasteiger partial charge in [-0.1, -0.05) is 50.8 Å². The van der Waals surface area contributed by atoms with Crippen LogP contribution in [-0.2, 0) is 0 Å². The first-order valence-electron chi connectivity index (χ1n) is 6.76. The molecule has 1 aromatic rings. The Morgan fingerprint density at radius 1 is 1.37 bits per heavy atom. The van der Waals surface area contributed by atoms with Crippen molar-refractivity contribution in [3.05, 3.63) is 33.8 Å². The summed E-state index contributed by atoms with van der Waals surface area (Å²) in [5.74, 6) is 0.171. The zero-order valence-corrected chi connectivity index (χ0v) is 14.3. The highest BCUT2D eigenvalue weighted by Gasteiger charge is 2.27. The molecule has 2 rings (SSSR count). The second-order valence-corrected chi connectivity index (χ2v) is 6.79. The zero-order chi connectivity index (χ0) is 13.8. The molecular weight excluding hydrogens is 370 g/mol. The normalized spacial score (nSPS) is 15.7. The Morgan fingerprint density at radius 2 is 2.05 bits per heavy atom. The van der Waals surface area contributed by atoms with Crippen LogP contribution in [0.1, 0.15) is 41.6 Å². The van der Waals surface area contributed by atoms with Crippen molar-refractivity contribution >= 4 is 37.8 Å². The highest BCUT2D eigenvalue weighted by atomic mass is 79.9. The van der Waals surface area contributed by atoms with Crippen molar-refractivity contribution in [3.8, 4) is 0 Å². The van der Waals surface area contributed by atoms with Gasteiger partial charge in [-0.3, -0.25) is 4.79 Å². The summed E-state index contributed by atoms with van der Waals surface area (Å²) in [6, 6.07) is 6.34. The highest BCUT2D eigenvalue weighted by molar-refractivity contribution is 9.10. The number of rotatable bonds is 4. The number of carbonyl (C=O) groups is 1. The molecule has 0 N–H and O–H groups in total. The van der Waals surface area contributed by atoms with Crippen LogP contribution >= 0.6 is 31.9 Å². The fraction of sp³-hybridized carbons (Fsp3) is 0.533. The molecule has 0 radical (unpaired) electrons. The van der Waals surface area contributed by atoms with Crippen LogP contribution in [-0.4, -0.2) is 28.7 Å². The molecule has 0 bridgehead atoms. The Bertz CT molecular complexity index is 455. The maximum atomic E-state index is 12.8. The lowest BCUT2D eigenvalue weighted by molar-refractivity contribution is 0.0695. The van der Waals surface area contributed by atoms with Crippen molar-refractivity contribution in [3.63, 3.8) is 0 Å². The van der Waals surface area contributed by atoms with Gasteiger partial charge in [-0.05, 0) is 37.5 Å². The molecule has 2 nitrogen and oxygen atoms in total. The predicted molar refractivity (Wildman–Crippen MR) is 86.0 cm³/mol. The van der Waals surface area contributed by atoms with Crippen molar-refractivity contribution in [1.82, 2.24) is 4.90 Å². The highest BCUT2D eigenvalue weighted by Crippen LogP contribution is 2.26. The van der Waals surface area contributed by atoms with E-state index in [4.69, 9.17) is 0 Å². The van der Waals surface area contributed by atoms with Gasteiger partial charge in [-0.25, -0.2) is 0 Å². The number of nitrogens with zero attached hydrogens (tertiary/aromatic N) is 1. The minimum absolute atomic E-state index is 0.171. The van der Waals surface area contributed by atoms with E-state index in [-0.39, 0.29) is 5.91 Å². The van der Waals surface area contributed by atoms with Crippen LogP contribution in [0.2, 0.25) is 0 Å². The Kier molecular flexibility index (Phi) is 5.46. The van der Waals surface area contributed by atoms with Crippen LogP contribution in [0.4, 0.5) is 0 Å². The minimum atomic E-state index is 0.171. The van der Waals surface area contributed by atoms with E-state index in [1.807, 2.05) is 25.1 Å². The first-order valence-corrected chi connectivity index (χ1v) is 8.68. The minimum Gasteiger partial charge on any atom is -0.335 e. The third-order valence-electron chi connectivity index (χ3n) is 3.78. The van der Waals surface area contributed by atoms with E-state index in [0.717, 1.165) is 40.3 Å².